The molecular weight excluding hydrogens is 503 g/mol. The van der Waals surface area contributed by atoms with Crippen molar-refractivity contribution in [3.63, 3.8) is 0 Å². The molecule has 0 unspecified atom stereocenters. The van der Waals surface area contributed by atoms with Gasteiger partial charge in [-0.25, -0.2) is 17.9 Å². The number of sulfonamides is 1. The molecule has 15 heteroatoms. The summed E-state index contributed by atoms with van der Waals surface area (Å²) in [5, 5.41) is 6.75. The van der Waals surface area contributed by atoms with Crippen LogP contribution >= 0.6 is 0 Å². The van der Waals surface area contributed by atoms with Crippen LogP contribution in [0.1, 0.15) is 29.8 Å². The fourth-order valence-corrected chi connectivity index (χ4v) is 6.17. The molecule has 0 spiro atoms. The Labute approximate surface area is 223 Å². The number of hydrogen-bond acceptors (Lipinski definition) is 6. The maximum absolute atomic E-state index is 13.6. The summed E-state index contributed by atoms with van der Waals surface area (Å²) in [5.41, 5.74) is 0.0691. The molecule has 1 fully saturated rings. The molecule has 6 radical (unpaired) electrons. The van der Waals surface area contributed by atoms with Crippen LogP contribution in [0.4, 0.5) is 0 Å². The summed E-state index contributed by atoms with van der Waals surface area (Å²) in [5.74, 6) is 0. The van der Waals surface area contributed by atoms with E-state index in [4.69, 9.17) is 23.5 Å². The van der Waals surface area contributed by atoms with Crippen molar-refractivity contribution in [1.82, 2.24) is 33.4 Å². The summed E-state index contributed by atoms with van der Waals surface area (Å²) in [4.78, 5) is 27.1. The standard InChI is InChI=1S/C23H24B3N7O4S/c1-14-8-16(31(3)28-14)13-32-19-5-4-17(38(36,37)29-22(6-7-22)23(24,25)26)9-18(19)20(34)33(21(32)35)12-15-10-27-30(2)11-15/h4-5,8-11,29H,6-7,12-13H2,1-3H3. The molecule has 38 heavy (non-hydrogen) atoms. The summed E-state index contributed by atoms with van der Waals surface area (Å²) in [6.07, 6.45) is 4.02. The molecule has 4 aromatic rings. The predicted molar refractivity (Wildman–Crippen MR) is 144 cm³/mol. The van der Waals surface area contributed by atoms with E-state index in [2.05, 4.69) is 14.9 Å². The minimum absolute atomic E-state index is 0.0414. The van der Waals surface area contributed by atoms with Crippen LogP contribution in [0.2, 0.25) is 5.11 Å². The molecule has 0 aliphatic heterocycles. The zero-order valence-corrected chi connectivity index (χ0v) is 22.1. The van der Waals surface area contributed by atoms with E-state index < -0.39 is 31.9 Å². The van der Waals surface area contributed by atoms with Gasteiger partial charge in [0.25, 0.3) is 5.56 Å². The highest BCUT2D eigenvalue weighted by Gasteiger charge is 2.52. The Morgan fingerprint density at radius 2 is 1.79 bits per heavy atom. The molecule has 190 valence electrons. The van der Waals surface area contributed by atoms with Crippen LogP contribution in [0.15, 0.2) is 51.1 Å². The maximum Gasteiger partial charge on any atom is 0.332 e. The average molecular weight is 527 g/mol. The summed E-state index contributed by atoms with van der Waals surface area (Å²) in [6, 6.07) is 5.88. The van der Waals surface area contributed by atoms with Crippen molar-refractivity contribution in [1.29, 1.82) is 0 Å². The predicted octanol–water partition coefficient (Wildman–Crippen LogP) is -0.575. The third-order valence-corrected chi connectivity index (χ3v) is 8.47. The first kappa shape index (κ1) is 26.3. The molecule has 3 heterocycles. The van der Waals surface area contributed by atoms with E-state index >= 15 is 0 Å². The van der Waals surface area contributed by atoms with Crippen molar-refractivity contribution in [2.75, 3.05) is 0 Å². The van der Waals surface area contributed by atoms with Gasteiger partial charge in [0.2, 0.25) is 10.0 Å². The lowest BCUT2D eigenvalue weighted by atomic mass is 9.38. The summed E-state index contributed by atoms with van der Waals surface area (Å²) < 4.78 is 34.8. The van der Waals surface area contributed by atoms with E-state index in [0.717, 1.165) is 16.0 Å². The van der Waals surface area contributed by atoms with E-state index in [1.807, 2.05) is 13.0 Å². The van der Waals surface area contributed by atoms with Crippen LogP contribution in [-0.2, 0) is 37.2 Å². The van der Waals surface area contributed by atoms with Gasteiger partial charge in [-0.05, 0) is 44.0 Å². The van der Waals surface area contributed by atoms with Gasteiger partial charge in [-0.3, -0.25) is 23.3 Å². The first-order chi connectivity index (χ1) is 17.7. The molecule has 0 atom stereocenters. The number of aromatic nitrogens is 6. The minimum atomic E-state index is -4.15. The quantitative estimate of drug-likeness (QED) is 0.306. The second-order valence-corrected chi connectivity index (χ2v) is 11.7. The Balaban J connectivity index is 1.68. The van der Waals surface area contributed by atoms with Crippen molar-refractivity contribution in [2.45, 2.75) is 48.4 Å². The van der Waals surface area contributed by atoms with E-state index in [1.165, 1.54) is 22.8 Å². The molecule has 1 aliphatic rings. The largest absolute Gasteiger partial charge is 0.332 e. The van der Waals surface area contributed by atoms with Crippen LogP contribution < -0.4 is 16.0 Å². The van der Waals surface area contributed by atoms with Crippen LogP contribution in [0.5, 0.6) is 0 Å². The Hall–Kier alpha value is -3.32. The number of nitrogens with one attached hydrogen (secondary N) is 1. The third kappa shape index (κ3) is 4.58. The number of fused-ring (bicyclic) bond motifs is 1. The molecule has 3 aromatic heterocycles. The van der Waals surface area contributed by atoms with Crippen LogP contribution in [0, 0.1) is 6.92 Å². The fraction of sp³-hybridized carbons (Fsp3) is 0.391. The van der Waals surface area contributed by atoms with Gasteiger partial charge in [0.1, 0.15) is 0 Å². The zero-order chi connectivity index (χ0) is 27.6. The SMILES string of the molecule is [B]C([B])([B])C1(NS(=O)(=O)c2ccc3c(c2)c(=O)n(Cc2cnn(C)c2)c(=O)n3Cc2cc(C)nn2C)CC1. The first-order valence-electron chi connectivity index (χ1n) is 11.9. The minimum Gasteiger partial charge on any atom is -0.287 e. The Kier molecular flexibility index (Phi) is 6.14. The van der Waals surface area contributed by atoms with E-state index in [1.54, 1.807) is 35.9 Å². The third-order valence-electron chi connectivity index (χ3n) is 6.93. The number of nitrogens with zero attached hydrogens (tertiary/aromatic N) is 6. The van der Waals surface area contributed by atoms with E-state index in [-0.39, 0.29) is 28.9 Å². The molecule has 0 bridgehead atoms. The number of aryl methyl sites for hydroxylation is 3. The molecule has 11 nitrogen and oxygen atoms in total. The molecule has 1 aromatic carbocycles. The lowest BCUT2D eigenvalue weighted by molar-refractivity contribution is 0.541. The highest BCUT2D eigenvalue weighted by Crippen LogP contribution is 2.50. The van der Waals surface area contributed by atoms with E-state index in [9.17, 15) is 18.0 Å². The Bertz CT molecular complexity index is 1790. The average Bonchev–Trinajstić information content (AvgIpc) is 3.39. The number of benzene rings is 1. The topological polar surface area (TPSA) is 126 Å². The second-order valence-electron chi connectivity index (χ2n) is 9.98. The van der Waals surface area contributed by atoms with Gasteiger partial charge < -0.3 is 0 Å². The normalized spacial score (nSPS) is 15.2. The van der Waals surface area contributed by atoms with Crippen molar-refractivity contribution >= 4 is 44.5 Å². The van der Waals surface area contributed by atoms with Crippen molar-refractivity contribution in [3.8, 4) is 0 Å². The molecule has 1 N–H and O–H groups in total. The van der Waals surface area contributed by atoms with Gasteiger partial charge in [-0.15, -0.1) is 5.11 Å². The highest BCUT2D eigenvalue weighted by molar-refractivity contribution is 7.89. The van der Waals surface area contributed by atoms with Gasteiger partial charge in [0.15, 0.2) is 0 Å². The van der Waals surface area contributed by atoms with Crippen LogP contribution in [0.3, 0.4) is 0 Å². The Morgan fingerprint density at radius 1 is 1.08 bits per heavy atom. The highest BCUT2D eigenvalue weighted by atomic mass is 32.2. The number of rotatable bonds is 8. The molecule has 1 aliphatic carbocycles. The Morgan fingerprint density at radius 3 is 2.34 bits per heavy atom. The second kappa shape index (κ2) is 8.87. The van der Waals surface area contributed by atoms with Gasteiger partial charge in [0, 0.05) is 31.4 Å². The van der Waals surface area contributed by atoms with Gasteiger partial charge >= 0.3 is 5.69 Å². The summed E-state index contributed by atoms with van der Waals surface area (Å²) in [7, 11) is 16.8. The zero-order valence-electron chi connectivity index (χ0n) is 21.2. The summed E-state index contributed by atoms with van der Waals surface area (Å²) in [6.45, 7) is 1.91. The molecule has 0 amide bonds. The monoisotopic (exact) mass is 527 g/mol. The fourth-order valence-electron chi connectivity index (χ4n) is 4.64. The summed E-state index contributed by atoms with van der Waals surface area (Å²) >= 11 is 0. The lowest BCUT2D eigenvalue weighted by Gasteiger charge is -2.33. The molecule has 1 saturated carbocycles. The van der Waals surface area contributed by atoms with Gasteiger partial charge in [0.05, 0.1) is 70.0 Å². The molecule has 0 saturated heterocycles. The van der Waals surface area contributed by atoms with Crippen LogP contribution in [0.25, 0.3) is 10.9 Å². The van der Waals surface area contributed by atoms with Crippen LogP contribution in [-0.4, -0.2) is 66.2 Å². The van der Waals surface area contributed by atoms with Crippen molar-refractivity contribution in [2.24, 2.45) is 14.1 Å². The van der Waals surface area contributed by atoms with E-state index in [0.29, 0.717) is 18.4 Å². The lowest BCUT2D eigenvalue weighted by Crippen LogP contribution is -2.47. The molecular formula is C23H24B3N7O4S. The van der Waals surface area contributed by atoms with Crippen molar-refractivity contribution < 1.29 is 8.42 Å². The molecule has 5 rings (SSSR count). The van der Waals surface area contributed by atoms with Crippen molar-refractivity contribution in [3.05, 3.63) is 74.4 Å². The maximum atomic E-state index is 13.6. The van der Waals surface area contributed by atoms with Gasteiger partial charge in [-0.1, -0.05) is 0 Å². The smallest absolute Gasteiger partial charge is 0.287 e. The van der Waals surface area contributed by atoms with Gasteiger partial charge in [-0.2, -0.15) is 10.2 Å². The first-order valence-corrected chi connectivity index (χ1v) is 13.3. The number of hydrogen-bond donors (Lipinski definition) is 1.